The molecule has 4 N–H and O–H groups in total. The molecule has 0 aromatic heterocycles. The molecule has 0 saturated heterocycles. The minimum Gasteiger partial charge on any atom is -0.508 e. The van der Waals surface area contributed by atoms with Crippen LogP contribution in [0.15, 0.2) is 77.3 Å². The number of anilines is 1. The van der Waals surface area contributed by atoms with Crippen LogP contribution in [-0.2, 0) is 14.3 Å². The first-order valence-corrected chi connectivity index (χ1v) is 10.3. The van der Waals surface area contributed by atoms with Gasteiger partial charge in [-0.2, -0.15) is 0 Å². The molecular weight excluding hydrogens is 480 g/mol. The lowest BCUT2D eigenvalue weighted by Gasteiger charge is -2.25. The first-order chi connectivity index (χ1) is 15.4. The molecule has 3 aromatic rings. The van der Waals surface area contributed by atoms with Gasteiger partial charge in [0.1, 0.15) is 11.9 Å². The smallest absolute Gasteiger partial charge is 0.412 e. The third-order valence-corrected chi connectivity index (χ3v) is 5.17. The number of fused-ring (bicyclic) bond motifs is 1. The lowest BCUT2D eigenvalue weighted by atomic mass is 10.0. The Balaban J connectivity index is 1.92. The zero-order valence-electron chi connectivity index (χ0n) is 17.0. The number of ether oxygens (including phenoxy) is 2. The van der Waals surface area contributed by atoms with Crippen molar-refractivity contribution in [3.05, 3.63) is 82.9 Å². The molecule has 2 atom stereocenters. The van der Waals surface area contributed by atoms with Crippen LogP contribution in [0, 0.1) is 0 Å². The Hall–Kier alpha value is -3.40. The van der Waals surface area contributed by atoms with Crippen molar-refractivity contribution in [2.45, 2.75) is 12.2 Å². The molecule has 166 valence electrons. The fourth-order valence-electron chi connectivity index (χ4n) is 3.17. The van der Waals surface area contributed by atoms with Crippen molar-refractivity contribution in [3.8, 4) is 5.75 Å². The van der Waals surface area contributed by atoms with Crippen LogP contribution in [0.5, 0.6) is 5.75 Å². The molecule has 0 aliphatic carbocycles. The summed E-state index contributed by atoms with van der Waals surface area (Å²) in [6.07, 6.45) is -0.516. The molecule has 0 fully saturated rings. The number of aromatic hydroxyl groups is 1. The maximum Gasteiger partial charge on any atom is 0.412 e. The van der Waals surface area contributed by atoms with Gasteiger partial charge in [0.05, 0.1) is 5.69 Å². The highest BCUT2D eigenvalue weighted by molar-refractivity contribution is 9.10. The standard InChI is InChI=1S/C23H21BrN2O6/c1-31-20(11-12-21(28)26-30)22(17-13-15(24)9-10-19(17)27)32-23(29)25-18-8-4-6-14-5-2-3-7-16(14)18/h2-13,20,22,27,30H,1H3,(H,25,29)(H,26,28)/b12-11+/t20-,22-/m1/s1. The molecule has 0 bridgehead atoms. The molecule has 0 aliphatic heterocycles. The van der Waals surface area contributed by atoms with Crippen LogP contribution in [-0.4, -0.2) is 35.5 Å². The van der Waals surface area contributed by atoms with E-state index in [4.69, 9.17) is 14.7 Å². The zero-order valence-corrected chi connectivity index (χ0v) is 18.6. The number of halogens is 1. The second kappa shape index (κ2) is 10.8. The largest absolute Gasteiger partial charge is 0.508 e. The molecule has 32 heavy (non-hydrogen) atoms. The van der Waals surface area contributed by atoms with Crippen LogP contribution in [0.4, 0.5) is 10.5 Å². The van der Waals surface area contributed by atoms with Gasteiger partial charge in [-0.05, 0) is 35.7 Å². The molecule has 2 amide bonds. The van der Waals surface area contributed by atoms with E-state index in [-0.39, 0.29) is 11.3 Å². The van der Waals surface area contributed by atoms with Gasteiger partial charge in [0, 0.05) is 28.6 Å². The van der Waals surface area contributed by atoms with Crippen molar-refractivity contribution in [2.75, 3.05) is 12.4 Å². The van der Waals surface area contributed by atoms with E-state index < -0.39 is 24.2 Å². The first kappa shape index (κ1) is 23.3. The van der Waals surface area contributed by atoms with E-state index in [2.05, 4.69) is 21.2 Å². The Bertz CT molecular complexity index is 1150. The fraction of sp³-hybridized carbons (Fsp3) is 0.130. The molecule has 9 heteroatoms. The van der Waals surface area contributed by atoms with E-state index in [1.165, 1.54) is 24.7 Å². The molecule has 0 aliphatic rings. The van der Waals surface area contributed by atoms with E-state index in [1.807, 2.05) is 36.4 Å². The summed E-state index contributed by atoms with van der Waals surface area (Å²) in [5.41, 5.74) is 2.28. The van der Waals surface area contributed by atoms with Gasteiger partial charge in [-0.1, -0.05) is 52.3 Å². The number of hydroxylamine groups is 1. The fourth-order valence-corrected chi connectivity index (χ4v) is 3.55. The number of benzene rings is 3. The van der Waals surface area contributed by atoms with E-state index in [0.29, 0.717) is 10.2 Å². The quantitative estimate of drug-likeness (QED) is 0.212. The molecular formula is C23H21BrN2O6. The number of phenols is 1. The number of methoxy groups -OCH3 is 1. The first-order valence-electron chi connectivity index (χ1n) is 9.51. The average molecular weight is 501 g/mol. The van der Waals surface area contributed by atoms with Gasteiger partial charge in [0.25, 0.3) is 5.91 Å². The molecule has 0 radical (unpaired) electrons. The number of hydrogen-bond acceptors (Lipinski definition) is 6. The van der Waals surface area contributed by atoms with Crippen molar-refractivity contribution in [1.29, 1.82) is 0 Å². The highest BCUT2D eigenvalue weighted by Gasteiger charge is 2.28. The van der Waals surface area contributed by atoms with Crippen LogP contribution >= 0.6 is 15.9 Å². The molecule has 3 rings (SSSR count). The van der Waals surface area contributed by atoms with Gasteiger partial charge in [-0.3, -0.25) is 15.3 Å². The van der Waals surface area contributed by atoms with Gasteiger partial charge >= 0.3 is 6.09 Å². The van der Waals surface area contributed by atoms with E-state index in [1.54, 1.807) is 18.2 Å². The molecule has 0 spiro atoms. The molecule has 0 saturated carbocycles. The second-order valence-electron chi connectivity index (χ2n) is 6.72. The minimum atomic E-state index is -1.12. The molecule has 0 unspecified atom stereocenters. The van der Waals surface area contributed by atoms with Gasteiger partial charge < -0.3 is 14.6 Å². The monoisotopic (exact) mass is 500 g/mol. The van der Waals surface area contributed by atoms with Crippen molar-refractivity contribution < 1.29 is 29.4 Å². The predicted octanol–water partition coefficient (Wildman–Crippen LogP) is 4.67. The highest BCUT2D eigenvalue weighted by Crippen LogP contribution is 2.34. The summed E-state index contributed by atoms with van der Waals surface area (Å²) in [6.45, 7) is 0. The summed E-state index contributed by atoms with van der Waals surface area (Å²) in [6, 6.07) is 17.7. The summed E-state index contributed by atoms with van der Waals surface area (Å²) in [5.74, 6) is -0.914. The molecule has 3 aromatic carbocycles. The summed E-state index contributed by atoms with van der Waals surface area (Å²) < 4.78 is 11.7. The average Bonchev–Trinajstić information content (AvgIpc) is 2.80. The Morgan fingerprint density at radius 3 is 2.59 bits per heavy atom. The lowest BCUT2D eigenvalue weighted by molar-refractivity contribution is -0.124. The van der Waals surface area contributed by atoms with E-state index >= 15 is 0 Å². The minimum absolute atomic E-state index is 0.127. The lowest BCUT2D eigenvalue weighted by Crippen LogP contribution is -2.27. The SMILES string of the molecule is CO[C@H](/C=C/C(=O)NO)[C@H](OC(=O)Nc1cccc2ccccc12)c1cc(Br)ccc1O. The zero-order chi connectivity index (χ0) is 23.1. The summed E-state index contributed by atoms with van der Waals surface area (Å²) in [4.78, 5) is 24.2. The van der Waals surface area contributed by atoms with Crippen molar-refractivity contribution in [3.63, 3.8) is 0 Å². The normalized spacial score (nSPS) is 13.0. The second-order valence-corrected chi connectivity index (χ2v) is 7.63. The van der Waals surface area contributed by atoms with Gasteiger partial charge in [-0.15, -0.1) is 0 Å². The molecule has 8 nitrogen and oxygen atoms in total. The van der Waals surface area contributed by atoms with Gasteiger partial charge in [0.15, 0.2) is 6.10 Å². The van der Waals surface area contributed by atoms with E-state index in [9.17, 15) is 14.7 Å². The highest BCUT2D eigenvalue weighted by atomic mass is 79.9. The number of rotatable bonds is 7. The van der Waals surface area contributed by atoms with Crippen LogP contribution in [0.2, 0.25) is 0 Å². The maximum atomic E-state index is 12.8. The summed E-state index contributed by atoms with van der Waals surface area (Å²) in [7, 11) is 1.36. The number of hydrogen-bond donors (Lipinski definition) is 4. The summed E-state index contributed by atoms with van der Waals surface area (Å²) in [5, 5.41) is 23.6. The number of amides is 2. The Labute approximate surface area is 192 Å². The third-order valence-electron chi connectivity index (χ3n) is 4.67. The number of carbonyl (C=O) groups excluding carboxylic acids is 2. The van der Waals surface area contributed by atoms with Crippen LogP contribution in [0.3, 0.4) is 0 Å². The number of phenolic OH excluding ortho intramolecular Hbond substituents is 1. The van der Waals surface area contributed by atoms with Crippen LogP contribution < -0.4 is 10.8 Å². The van der Waals surface area contributed by atoms with Gasteiger partial charge in [0.2, 0.25) is 0 Å². The predicted molar refractivity (Wildman–Crippen MR) is 122 cm³/mol. The number of nitrogens with one attached hydrogen (secondary N) is 2. The van der Waals surface area contributed by atoms with Gasteiger partial charge in [-0.25, -0.2) is 10.3 Å². The van der Waals surface area contributed by atoms with E-state index in [0.717, 1.165) is 16.8 Å². The van der Waals surface area contributed by atoms with Crippen molar-refractivity contribution in [1.82, 2.24) is 5.48 Å². The Morgan fingerprint density at radius 2 is 1.84 bits per heavy atom. The topological polar surface area (TPSA) is 117 Å². The van der Waals surface area contributed by atoms with Crippen LogP contribution in [0.1, 0.15) is 11.7 Å². The molecule has 0 heterocycles. The Kier molecular flexibility index (Phi) is 7.82. The van der Waals surface area contributed by atoms with Crippen molar-refractivity contribution >= 4 is 44.4 Å². The third kappa shape index (κ3) is 5.64. The van der Waals surface area contributed by atoms with Crippen LogP contribution in [0.25, 0.3) is 10.8 Å². The Morgan fingerprint density at radius 1 is 1.09 bits per heavy atom. The number of carbonyl (C=O) groups is 2. The maximum absolute atomic E-state index is 12.8. The summed E-state index contributed by atoms with van der Waals surface area (Å²) >= 11 is 3.33. The van der Waals surface area contributed by atoms with Crippen molar-refractivity contribution in [2.24, 2.45) is 0 Å².